The summed E-state index contributed by atoms with van der Waals surface area (Å²) in [6, 6.07) is 6.34. The van der Waals surface area contributed by atoms with Gasteiger partial charge >= 0.3 is 5.97 Å². The maximum atomic E-state index is 12.7. The van der Waals surface area contributed by atoms with Gasteiger partial charge in [-0.25, -0.2) is 4.79 Å². The van der Waals surface area contributed by atoms with Crippen molar-refractivity contribution < 1.29 is 23.9 Å². The predicted octanol–water partition coefficient (Wildman–Crippen LogP) is 1.95. The highest BCUT2D eigenvalue weighted by Gasteiger charge is 2.44. The van der Waals surface area contributed by atoms with Gasteiger partial charge in [-0.1, -0.05) is 18.9 Å². The number of hydrogen-bond acceptors (Lipinski definition) is 5. The lowest BCUT2D eigenvalue weighted by molar-refractivity contribution is -0.150. The summed E-state index contributed by atoms with van der Waals surface area (Å²) < 4.78 is 5.15. The number of carbonyl (C=O) groups excluding carboxylic acids is 4. The Morgan fingerprint density at radius 1 is 1.15 bits per heavy atom. The number of nitrogens with zero attached hydrogens (tertiary/aromatic N) is 1. The number of anilines is 1. The van der Waals surface area contributed by atoms with Gasteiger partial charge in [0.2, 0.25) is 11.8 Å². The number of hydrogen-bond donors (Lipinski definition) is 1. The zero-order valence-corrected chi connectivity index (χ0v) is 14.7. The minimum absolute atomic E-state index is 0.182. The number of amides is 3. The van der Waals surface area contributed by atoms with Gasteiger partial charge in [-0.15, -0.1) is 0 Å². The third kappa shape index (κ3) is 3.34. The summed E-state index contributed by atoms with van der Waals surface area (Å²) in [5.41, 5.74) is -0.324. The molecule has 1 aliphatic carbocycles. The van der Waals surface area contributed by atoms with Crippen molar-refractivity contribution in [2.75, 3.05) is 11.5 Å². The van der Waals surface area contributed by atoms with E-state index in [0.29, 0.717) is 24.1 Å². The number of esters is 1. The van der Waals surface area contributed by atoms with Gasteiger partial charge in [0.15, 0.2) is 0 Å². The number of benzene rings is 1. The van der Waals surface area contributed by atoms with Crippen molar-refractivity contribution >= 4 is 29.4 Å². The second-order valence-electron chi connectivity index (χ2n) is 6.64. The lowest BCUT2D eigenvalue weighted by Crippen LogP contribution is -2.53. The normalized spacial score (nSPS) is 18.9. The summed E-state index contributed by atoms with van der Waals surface area (Å²) in [6.07, 6.45) is 3.13. The molecule has 1 N–H and O–H groups in total. The standard InChI is InChI=1S/C19H22N2O5/c1-2-26-18(25)19(10-3-4-11-19)20-17(24)13-6-5-7-14(12-13)21-15(22)8-9-16(21)23/h5-7,12H,2-4,8-11H2,1H3,(H,20,24). The van der Waals surface area contributed by atoms with Crippen LogP contribution in [0.3, 0.4) is 0 Å². The summed E-state index contributed by atoms with van der Waals surface area (Å²) >= 11 is 0. The molecule has 1 aromatic rings. The van der Waals surface area contributed by atoms with Crippen LogP contribution in [0.15, 0.2) is 24.3 Å². The fourth-order valence-electron chi connectivity index (χ4n) is 3.57. The number of carbonyl (C=O) groups is 4. The van der Waals surface area contributed by atoms with Crippen LogP contribution in [0.2, 0.25) is 0 Å². The molecule has 2 fully saturated rings. The van der Waals surface area contributed by atoms with Crippen molar-refractivity contribution in [3.8, 4) is 0 Å². The molecule has 0 unspecified atom stereocenters. The minimum Gasteiger partial charge on any atom is -0.464 e. The molecule has 1 heterocycles. The van der Waals surface area contributed by atoms with E-state index in [0.717, 1.165) is 17.7 Å². The zero-order chi connectivity index (χ0) is 18.7. The van der Waals surface area contributed by atoms with Crippen LogP contribution >= 0.6 is 0 Å². The first-order valence-electron chi connectivity index (χ1n) is 8.92. The molecule has 7 nitrogen and oxygen atoms in total. The van der Waals surface area contributed by atoms with E-state index >= 15 is 0 Å². The Balaban J connectivity index is 1.81. The summed E-state index contributed by atoms with van der Waals surface area (Å²) in [5, 5.41) is 2.83. The molecule has 3 amide bonds. The lowest BCUT2D eigenvalue weighted by atomic mass is 9.97. The number of rotatable bonds is 5. The third-order valence-corrected chi connectivity index (χ3v) is 4.89. The molecule has 26 heavy (non-hydrogen) atoms. The molecule has 0 atom stereocenters. The molecule has 2 aliphatic rings. The Morgan fingerprint density at radius 3 is 2.42 bits per heavy atom. The maximum absolute atomic E-state index is 12.7. The lowest BCUT2D eigenvalue weighted by Gasteiger charge is -2.28. The van der Waals surface area contributed by atoms with Crippen LogP contribution in [0.4, 0.5) is 5.69 Å². The van der Waals surface area contributed by atoms with E-state index in [-0.39, 0.29) is 31.3 Å². The molecular formula is C19H22N2O5. The van der Waals surface area contributed by atoms with Crippen LogP contribution in [0.25, 0.3) is 0 Å². The first-order valence-corrected chi connectivity index (χ1v) is 8.92. The summed E-state index contributed by atoms with van der Waals surface area (Å²) in [7, 11) is 0. The van der Waals surface area contributed by atoms with Crippen molar-refractivity contribution in [1.29, 1.82) is 0 Å². The largest absolute Gasteiger partial charge is 0.464 e. The third-order valence-electron chi connectivity index (χ3n) is 4.89. The van der Waals surface area contributed by atoms with Crippen molar-refractivity contribution in [2.45, 2.75) is 51.0 Å². The van der Waals surface area contributed by atoms with Crippen molar-refractivity contribution in [1.82, 2.24) is 5.32 Å². The molecule has 3 rings (SSSR count). The topological polar surface area (TPSA) is 92.8 Å². The Bertz CT molecular complexity index is 736. The summed E-state index contributed by atoms with van der Waals surface area (Å²) in [6.45, 7) is 1.99. The van der Waals surface area contributed by atoms with E-state index in [2.05, 4.69) is 5.32 Å². The quantitative estimate of drug-likeness (QED) is 0.641. The smallest absolute Gasteiger partial charge is 0.331 e. The number of imide groups is 1. The van der Waals surface area contributed by atoms with Crippen LogP contribution in [0.5, 0.6) is 0 Å². The molecule has 1 saturated heterocycles. The molecule has 1 aliphatic heterocycles. The Labute approximate surface area is 151 Å². The van der Waals surface area contributed by atoms with E-state index in [9.17, 15) is 19.2 Å². The molecule has 0 spiro atoms. The van der Waals surface area contributed by atoms with Crippen LogP contribution < -0.4 is 10.2 Å². The average molecular weight is 358 g/mol. The molecule has 0 radical (unpaired) electrons. The van der Waals surface area contributed by atoms with Crippen molar-refractivity contribution in [2.24, 2.45) is 0 Å². The highest BCUT2D eigenvalue weighted by atomic mass is 16.5. The fourth-order valence-corrected chi connectivity index (χ4v) is 3.57. The first kappa shape index (κ1) is 18.1. The Hall–Kier alpha value is -2.70. The molecule has 0 bridgehead atoms. The van der Waals surface area contributed by atoms with Gasteiger partial charge in [0, 0.05) is 18.4 Å². The SMILES string of the molecule is CCOC(=O)C1(NC(=O)c2cccc(N3C(=O)CCC3=O)c2)CCCC1. The second-order valence-corrected chi connectivity index (χ2v) is 6.64. The van der Waals surface area contributed by atoms with Crippen molar-refractivity contribution in [3.63, 3.8) is 0 Å². The first-order chi connectivity index (χ1) is 12.5. The molecule has 7 heteroatoms. The van der Waals surface area contributed by atoms with Gasteiger partial charge in [-0.05, 0) is 38.0 Å². The van der Waals surface area contributed by atoms with Gasteiger partial charge in [-0.2, -0.15) is 0 Å². The van der Waals surface area contributed by atoms with E-state index in [1.54, 1.807) is 25.1 Å². The Kier molecular flexibility index (Phi) is 5.06. The second kappa shape index (κ2) is 7.27. The monoisotopic (exact) mass is 358 g/mol. The highest BCUT2D eigenvalue weighted by molar-refractivity contribution is 6.20. The number of nitrogens with one attached hydrogen (secondary N) is 1. The fraction of sp³-hybridized carbons (Fsp3) is 0.474. The van der Waals surface area contributed by atoms with Gasteiger partial charge in [0.05, 0.1) is 12.3 Å². The highest BCUT2D eigenvalue weighted by Crippen LogP contribution is 2.31. The van der Waals surface area contributed by atoms with Crippen LogP contribution in [-0.2, 0) is 19.1 Å². The minimum atomic E-state index is -0.998. The predicted molar refractivity (Wildman–Crippen MR) is 93.5 cm³/mol. The number of ether oxygens (including phenoxy) is 1. The average Bonchev–Trinajstić information content (AvgIpc) is 3.23. The van der Waals surface area contributed by atoms with E-state index in [1.807, 2.05) is 0 Å². The van der Waals surface area contributed by atoms with Gasteiger partial charge < -0.3 is 10.1 Å². The molecule has 138 valence electrons. The van der Waals surface area contributed by atoms with Crippen LogP contribution in [-0.4, -0.2) is 35.8 Å². The molecular weight excluding hydrogens is 336 g/mol. The molecule has 1 aromatic carbocycles. The zero-order valence-electron chi connectivity index (χ0n) is 14.7. The maximum Gasteiger partial charge on any atom is 0.331 e. The van der Waals surface area contributed by atoms with E-state index in [1.165, 1.54) is 6.07 Å². The Morgan fingerprint density at radius 2 is 1.81 bits per heavy atom. The van der Waals surface area contributed by atoms with Gasteiger partial charge in [-0.3, -0.25) is 19.3 Å². The van der Waals surface area contributed by atoms with Crippen LogP contribution in [0, 0.1) is 0 Å². The van der Waals surface area contributed by atoms with Gasteiger partial charge in [0.25, 0.3) is 5.91 Å². The van der Waals surface area contributed by atoms with Crippen LogP contribution in [0.1, 0.15) is 55.8 Å². The summed E-state index contributed by atoms with van der Waals surface area (Å²) in [4.78, 5) is 50.0. The van der Waals surface area contributed by atoms with E-state index in [4.69, 9.17) is 4.74 Å². The van der Waals surface area contributed by atoms with Crippen molar-refractivity contribution in [3.05, 3.63) is 29.8 Å². The summed E-state index contributed by atoms with van der Waals surface area (Å²) in [5.74, 6) is -1.37. The van der Waals surface area contributed by atoms with Gasteiger partial charge in [0.1, 0.15) is 5.54 Å². The molecule has 0 aromatic heterocycles. The van der Waals surface area contributed by atoms with E-state index < -0.39 is 17.4 Å². The molecule has 1 saturated carbocycles.